The average molecular weight is 375 g/mol. The third kappa shape index (κ3) is 3.49. The number of benzene rings is 1. The van der Waals surface area contributed by atoms with Crippen LogP contribution in [-0.2, 0) is 0 Å². The third-order valence-electron chi connectivity index (χ3n) is 3.40. The number of thiazole rings is 1. The Morgan fingerprint density at radius 1 is 1.23 bits per heavy atom. The predicted octanol–water partition coefficient (Wildman–Crippen LogP) is 3.58. The lowest BCUT2D eigenvalue weighted by molar-refractivity contribution is -0.402. The molecule has 134 valence electrons. The summed E-state index contributed by atoms with van der Waals surface area (Å²) >= 11 is 1.21. The van der Waals surface area contributed by atoms with Gasteiger partial charge in [0.1, 0.15) is 4.92 Å². The lowest BCUT2D eigenvalue weighted by Crippen LogP contribution is -2.10. The molecule has 0 aliphatic carbocycles. The molecule has 0 aliphatic rings. The summed E-state index contributed by atoms with van der Waals surface area (Å²) in [4.78, 5) is 26.3. The molecular weight excluding hydrogens is 362 g/mol. The van der Waals surface area contributed by atoms with Gasteiger partial charge < -0.3 is 13.9 Å². The Morgan fingerprint density at radius 3 is 2.65 bits per heavy atom. The highest BCUT2D eigenvalue weighted by Crippen LogP contribution is 2.33. The number of nitro groups is 1. The number of amides is 1. The van der Waals surface area contributed by atoms with E-state index in [1.54, 1.807) is 24.6 Å². The monoisotopic (exact) mass is 375 g/mol. The van der Waals surface area contributed by atoms with Gasteiger partial charge in [-0.25, -0.2) is 4.98 Å². The van der Waals surface area contributed by atoms with E-state index < -0.39 is 16.7 Å². The molecule has 0 unspecified atom stereocenters. The largest absolute Gasteiger partial charge is 0.493 e. The molecule has 0 saturated heterocycles. The number of aromatic nitrogens is 1. The zero-order valence-corrected chi connectivity index (χ0v) is 14.5. The van der Waals surface area contributed by atoms with Gasteiger partial charge in [0.15, 0.2) is 22.4 Å². The van der Waals surface area contributed by atoms with E-state index in [-0.39, 0.29) is 5.76 Å². The molecule has 3 rings (SSSR count). The molecule has 1 N–H and O–H groups in total. The Labute approximate surface area is 151 Å². The van der Waals surface area contributed by atoms with Gasteiger partial charge in [-0.3, -0.25) is 20.2 Å². The van der Waals surface area contributed by atoms with Crippen LogP contribution in [0.4, 0.5) is 11.0 Å². The van der Waals surface area contributed by atoms with E-state index in [9.17, 15) is 14.9 Å². The summed E-state index contributed by atoms with van der Waals surface area (Å²) in [6.45, 7) is 0. The van der Waals surface area contributed by atoms with Crippen LogP contribution in [0.25, 0.3) is 11.3 Å². The molecule has 0 fully saturated rings. The van der Waals surface area contributed by atoms with E-state index in [4.69, 9.17) is 13.9 Å². The van der Waals surface area contributed by atoms with Crippen molar-refractivity contribution in [2.24, 2.45) is 0 Å². The number of nitrogens with one attached hydrogen (secondary N) is 1. The van der Waals surface area contributed by atoms with Gasteiger partial charge in [-0.05, 0) is 24.3 Å². The average Bonchev–Trinajstić information content (AvgIpc) is 3.30. The number of carbonyl (C=O) groups excluding carboxylic acids is 1. The highest BCUT2D eigenvalue weighted by Gasteiger charge is 2.18. The molecular formula is C16H13N3O6S. The first-order valence-corrected chi connectivity index (χ1v) is 8.13. The fourth-order valence-corrected chi connectivity index (χ4v) is 2.88. The van der Waals surface area contributed by atoms with Gasteiger partial charge in [0.05, 0.1) is 26.0 Å². The van der Waals surface area contributed by atoms with Gasteiger partial charge in [0.25, 0.3) is 5.91 Å². The predicted molar refractivity (Wildman–Crippen MR) is 94.0 cm³/mol. The lowest BCUT2D eigenvalue weighted by atomic mass is 10.1. The summed E-state index contributed by atoms with van der Waals surface area (Å²) in [7, 11) is 3.09. The van der Waals surface area contributed by atoms with Crippen molar-refractivity contribution in [1.29, 1.82) is 0 Å². The molecule has 0 bridgehead atoms. The number of methoxy groups -OCH3 is 2. The molecule has 0 saturated carbocycles. The maximum Gasteiger partial charge on any atom is 0.433 e. The van der Waals surface area contributed by atoms with Gasteiger partial charge in [0, 0.05) is 10.9 Å². The molecule has 0 atom stereocenters. The summed E-state index contributed by atoms with van der Waals surface area (Å²) in [5.41, 5.74) is 1.42. The molecule has 0 radical (unpaired) electrons. The summed E-state index contributed by atoms with van der Waals surface area (Å²) in [6.07, 6.45) is 0. The van der Waals surface area contributed by atoms with E-state index in [1.165, 1.54) is 24.5 Å². The van der Waals surface area contributed by atoms with Crippen LogP contribution in [0.2, 0.25) is 0 Å². The van der Waals surface area contributed by atoms with Crippen LogP contribution < -0.4 is 14.8 Å². The Balaban J connectivity index is 1.77. The van der Waals surface area contributed by atoms with Crippen LogP contribution in [-0.4, -0.2) is 30.0 Å². The van der Waals surface area contributed by atoms with Crippen molar-refractivity contribution in [2.45, 2.75) is 0 Å². The van der Waals surface area contributed by atoms with Crippen LogP contribution >= 0.6 is 11.3 Å². The minimum absolute atomic E-state index is 0.167. The molecule has 0 spiro atoms. The number of ether oxygens (including phenoxy) is 2. The Morgan fingerprint density at radius 2 is 2.00 bits per heavy atom. The molecule has 2 aromatic heterocycles. The Kier molecular flexibility index (Phi) is 4.85. The van der Waals surface area contributed by atoms with Crippen LogP contribution in [0.15, 0.2) is 40.1 Å². The number of hydrogen-bond acceptors (Lipinski definition) is 8. The van der Waals surface area contributed by atoms with Crippen LogP contribution in [0.5, 0.6) is 11.5 Å². The maximum atomic E-state index is 12.1. The third-order valence-corrected chi connectivity index (χ3v) is 4.16. The maximum absolute atomic E-state index is 12.1. The molecule has 26 heavy (non-hydrogen) atoms. The second-order valence-corrected chi connectivity index (χ2v) is 5.81. The molecule has 3 aromatic rings. The summed E-state index contributed by atoms with van der Waals surface area (Å²) < 4.78 is 15.3. The van der Waals surface area contributed by atoms with Crippen molar-refractivity contribution in [3.63, 3.8) is 0 Å². The molecule has 0 aliphatic heterocycles. The Bertz CT molecular complexity index is 965. The number of anilines is 1. The number of furan rings is 1. The number of carbonyl (C=O) groups is 1. The molecule has 2 heterocycles. The minimum Gasteiger partial charge on any atom is -0.493 e. The summed E-state index contributed by atoms with van der Waals surface area (Å²) in [6, 6.07) is 7.70. The number of nitrogens with zero attached hydrogens (tertiary/aromatic N) is 2. The van der Waals surface area contributed by atoms with Gasteiger partial charge >= 0.3 is 5.88 Å². The van der Waals surface area contributed by atoms with E-state index >= 15 is 0 Å². The fraction of sp³-hybridized carbons (Fsp3) is 0.125. The normalized spacial score (nSPS) is 10.4. The van der Waals surface area contributed by atoms with Crippen molar-refractivity contribution in [3.8, 4) is 22.8 Å². The van der Waals surface area contributed by atoms with Crippen LogP contribution in [0, 0.1) is 10.1 Å². The number of hydrogen-bond donors (Lipinski definition) is 1. The van der Waals surface area contributed by atoms with Crippen LogP contribution in [0.1, 0.15) is 10.6 Å². The molecule has 9 nitrogen and oxygen atoms in total. The van der Waals surface area contributed by atoms with Crippen molar-refractivity contribution in [1.82, 2.24) is 4.98 Å². The van der Waals surface area contributed by atoms with E-state index in [1.807, 2.05) is 6.07 Å². The van der Waals surface area contributed by atoms with E-state index in [0.29, 0.717) is 22.3 Å². The van der Waals surface area contributed by atoms with E-state index in [0.717, 1.165) is 11.6 Å². The zero-order valence-electron chi connectivity index (χ0n) is 13.7. The standard InChI is InChI=1S/C16H13N3O6S/c1-23-11-4-3-9(7-13(11)24-2)10-8-26-16(17-10)18-15(20)12-5-6-14(25-12)19(21)22/h3-8H,1-2H3,(H,17,18,20). The summed E-state index contributed by atoms with van der Waals surface area (Å²) in [5, 5.41) is 15.2. The van der Waals surface area contributed by atoms with E-state index in [2.05, 4.69) is 10.3 Å². The SMILES string of the molecule is COc1ccc(-c2csc(NC(=O)c3ccc([N+](=O)[O-])o3)n2)cc1OC. The first-order valence-electron chi connectivity index (χ1n) is 7.25. The van der Waals surface area contributed by atoms with Crippen molar-refractivity contribution >= 4 is 28.3 Å². The topological polar surface area (TPSA) is 117 Å². The van der Waals surface area contributed by atoms with Gasteiger partial charge in [-0.15, -0.1) is 11.3 Å². The minimum atomic E-state index is -0.713. The van der Waals surface area contributed by atoms with Gasteiger partial charge in [-0.1, -0.05) is 0 Å². The first-order chi connectivity index (χ1) is 12.5. The van der Waals surface area contributed by atoms with Gasteiger partial charge in [-0.2, -0.15) is 0 Å². The highest BCUT2D eigenvalue weighted by atomic mass is 32.1. The summed E-state index contributed by atoms with van der Waals surface area (Å²) in [5.74, 6) is -0.128. The zero-order chi connectivity index (χ0) is 18.7. The highest BCUT2D eigenvalue weighted by molar-refractivity contribution is 7.14. The second-order valence-electron chi connectivity index (χ2n) is 4.96. The first kappa shape index (κ1) is 17.4. The van der Waals surface area contributed by atoms with Gasteiger partial charge in [0.2, 0.25) is 0 Å². The number of rotatable bonds is 6. The van der Waals surface area contributed by atoms with Crippen molar-refractivity contribution in [3.05, 3.63) is 51.6 Å². The lowest BCUT2D eigenvalue weighted by Gasteiger charge is -2.08. The van der Waals surface area contributed by atoms with Crippen molar-refractivity contribution in [2.75, 3.05) is 19.5 Å². The van der Waals surface area contributed by atoms with Crippen LogP contribution in [0.3, 0.4) is 0 Å². The smallest absolute Gasteiger partial charge is 0.433 e. The van der Waals surface area contributed by atoms with Crippen molar-refractivity contribution < 1.29 is 23.6 Å². The molecule has 10 heteroatoms. The fourth-order valence-electron chi connectivity index (χ4n) is 2.17. The Hall–Kier alpha value is -3.40. The molecule has 1 amide bonds. The quantitative estimate of drug-likeness (QED) is 0.517. The molecule has 1 aromatic carbocycles. The second kappa shape index (κ2) is 7.23.